The lowest BCUT2D eigenvalue weighted by Gasteiger charge is -2.10. The van der Waals surface area contributed by atoms with Gasteiger partial charge in [0.1, 0.15) is 5.75 Å². The fourth-order valence-electron chi connectivity index (χ4n) is 2.27. The number of rotatable bonds is 6. The van der Waals surface area contributed by atoms with Crippen LogP contribution in [0.15, 0.2) is 47.6 Å². The zero-order valence-electron chi connectivity index (χ0n) is 15.2. The summed E-state index contributed by atoms with van der Waals surface area (Å²) in [6.07, 6.45) is 2.41. The van der Waals surface area contributed by atoms with Crippen molar-refractivity contribution in [3.05, 3.63) is 59.2 Å². The van der Waals surface area contributed by atoms with Crippen molar-refractivity contribution in [2.45, 2.75) is 27.2 Å². The van der Waals surface area contributed by atoms with E-state index in [0.717, 1.165) is 28.9 Å². The van der Waals surface area contributed by atoms with Crippen molar-refractivity contribution < 1.29 is 14.3 Å². The molecule has 136 valence electrons. The quantitative estimate of drug-likeness (QED) is 0.475. The second-order valence-electron chi connectivity index (χ2n) is 5.84. The monoisotopic (exact) mass is 353 g/mol. The van der Waals surface area contributed by atoms with Crippen LogP contribution in [0.5, 0.6) is 5.75 Å². The van der Waals surface area contributed by atoms with Crippen LogP contribution in [-0.2, 0) is 9.59 Å². The summed E-state index contributed by atoms with van der Waals surface area (Å²) in [5.41, 5.74) is 5.42. The summed E-state index contributed by atoms with van der Waals surface area (Å²) in [5, 5.41) is 6.43. The number of hydrazone groups is 1. The van der Waals surface area contributed by atoms with Crippen molar-refractivity contribution >= 4 is 23.7 Å². The molecule has 0 aliphatic heterocycles. The highest BCUT2D eigenvalue weighted by Gasteiger charge is 2.14. The van der Waals surface area contributed by atoms with E-state index in [1.807, 2.05) is 63.2 Å². The number of aryl methyl sites for hydroxylation is 2. The maximum Gasteiger partial charge on any atom is 0.329 e. The van der Waals surface area contributed by atoms with E-state index in [-0.39, 0.29) is 0 Å². The van der Waals surface area contributed by atoms with Gasteiger partial charge >= 0.3 is 11.8 Å². The molecule has 2 rings (SSSR count). The minimum atomic E-state index is -0.827. The number of anilines is 1. The third-order valence-corrected chi connectivity index (χ3v) is 3.66. The molecule has 26 heavy (non-hydrogen) atoms. The Morgan fingerprint density at radius 1 is 1.04 bits per heavy atom. The highest BCUT2D eigenvalue weighted by Crippen LogP contribution is 2.19. The average Bonchev–Trinajstić information content (AvgIpc) is 2.64. The van der Waals surface area contributed by atoms with Crippen LogP contribution in [0.4, 0.5) is 5.69 Å². The van der Waals surface area contributed by atoms with E-state index in [9.17, 15) is 9.59 Å². The molecule has 0 saturated carbocycles. The Morgan fingerprint density at radius 3 is 2.31 bits per heavy atom. The topological polar surface area (TPSA) is 79.8 Å². The Kier molecular flexibility index (Phi) is 6.91. The van der Waals surface area contributed by atoms with E-state index in [2.05, 4.69) is 15.8 Å². The first-order valence-corrected chi connectivity index (χ1v) is 8.44. The Labute approximate surface area is 153 Å². The Morgan fingerprint density at radius 2 is 1.69 bits per heavy atom. The molecule has 0 atom stereocenters. The van der Waals surface area contributed by atoms with Crippen LogP contribution in [0.1, 0.15) is 30.0 Å². The molecular formula is C20H23N3O3. The number of carbonyl (C=O) groups excluding carboxylic acids is 2. The van der Waals surface area contributed by atoms with Gasteiger partial charge in [0.25, 0.3) is 0 Å². The van der Waals surface area contributed by atoms with Crippen molar-refractivity contribution in [2.75, 3.05) is 11.9 Å². The molecule has 0 unspecified atom stereocenters. The molecule has 0 aliphatic carbocycles. The minimum absolute atomic E-state index is 0.638. The normalized spacial score (nSPS) is 10.6. The third-order valence-electron chi connectivity index (χ3n) is 3.66. The molecular weight excluding hydrogens is 330 g/mol. The van der Waals surface area contributed by atoms with Crippen LogP contribution in [0, 0.1) is 13.8 Å². The van der Waals surface area contributed by atoms with Crippen molar-refractivity contribution in [2.24, 2.45) is 5.10 Å². The maximum absolute atomic E-state index is 12.0. The lowest BCUT2D eigenvalue weighted by atomic mass is 10.1. The van der Waals surface area contributed by atoms with Gasteiger partial charge in [-0.3, -0.25) is 9.59 Å². The molecule has 0 saturated heterocycles. The number of nitrogens with zero attached hydrogens (tertiary/aromatic N) is 1. The largest absolute Gasteiger partial charge is 0.494 e. The molecule has 2 N–H and O–H groups in total. The first kappa shape index (κ1) is 19.2. The van der Waals surface area contributed by atoms with E-state index in [4.69, 9.17) is 4.74 Å². The van der Waals surface area contributed by atoms with Gasteiger partial charge in [0.2, 0.25) is 0 Å². The molecule has 0 aromatic heterocycles. The number of ether oxygens (including phenoxy) is 1. The Bertz CT molecular complexity index is 778. The van der Waals surface area contributed by atoms with Crippen LogP contribution in [0.25, 0.3) is 0 Å². The summed E-state index contributed by atoms with van der Waals surface area (Å²) < 4.78 is 5.49. The van der Waals surface area contributed by atoms with E-state index in [1.165, 1.54) is 6.21 Å². The maximum atomic E-state index is 12.0. The molecule has 0 aliphatic rings. The van der Waals surface area contributed by atoms with E-state index in [0.29, 0.717) is 12.3 Å². The van der Waals surface area contributed by atoms with Crippen molar-refractivity contribution in [3.63, 3.8) is 0 Å². The van der Waals surface area contributed by atoms with Crippen LogP contribution < -0.4 is 15.5 Å². The number of para-hydroxylation sites is 1. The third kappa shape index (κ3) is 5.44. The zero-order valence-corrected chi connectivity index (χ0v) is 15.2. The van der Waals surface area contributed by atoms with Crippen molar-refractivity contribution in [3.8, 4) is 5.75 Å². The summed E-state index contributed by atoms with van der Waals surface area (Å²) in [4.78, 5) is 23.9. The summed E-state index contributed by atoms with van der Waals surface area (Å²) in [7, 11) is 0. The van der Waals surface area contributed by atoms with Gasteiger partial charge in [-0.1, -0.05) is 25.1 Å². The van der Waals surface area contributed by atoms with Crippen LogP contribution in [-0.4, -0.2) is 24.6 Å². The SMILES string of the molecule is CCCOc1ccc(/C=N\NC(=O)C(=O)Nc2c(C)cccc2C)cc1. The average molecular weight is 353 g/mol. The lowest BCUT2D eigenvalue weighted by molar-refractivity contribution is -0.136. The van der Waals surface area contributed by atoms with Gasteiger partial charge < -0.3 is 10.1 Å². The second kappa shape index (κ2) is 9.36. The standard InChI is InChI=1S/C20H23N3O3/c1-4-12-26-17-10-8-16(9-11-17)13-21-23-20(25)19(24)22-18-14(2)6-5-7-15(18)3/h5-11,13H,4,12H2,1-3H3,(H,22,24)(H,23,25)/b21-13-. The molecule has 0 heterocycles. The summed E-state index contributed by atoms with van der Waals surface area (Å²) in [6, 6.07) is 12.9. The van der Waals surface area contributed by atoms with Crippen molar-refractivity contribution in [1.82, 2.24) is 5.43 Å². The van der Waals surface area contributed by atoms with Gasteiger partial charge in [-0.25, -0.2) is 5.43 Å². The van der Waals surface area contributed by atoms with Crippen LogP contribution in [0.2, 0.25) is 0 Å². The molecule has 6 heteroatoms. The van der Waals surface area contributed by atoms with E-state index < -0.39 is 11.8 Å². The number of hydrogen-bond acceptors (Lipinski definition) is 4. The summed E-state index contributed by atoms with van der Waals surface area (Å²) in [5.74, 6) is -0.810. The van der Waals surface area contributed by atoms with E-state index in [1.54, 1.807) is 0 Å². The van der Waals surface area contributed by atoms with Gasteiger partial charge in [0.05, 0.1) is 12.8 Å². The fraction of sp³-hybridized carbons (Fsp3) is 0.250. The van der Waals surface area contributed by atoms with Gasteiger partial charge in [0.15, 0.2) is 0 Å². The Balaban J connectivity index is 1.89. The van der Waals surface area contributed by atoms with Crippen LogP contribution >= 0.6 is 0 Å². The molecule has 0 fully saturated rings. The summed E-state index contributed by atoms with van der Waals surface area (Å²) >= 11 is 0. The fourth-order valence-corrected chi connectivity index (χ4v) is 2.27. The number of carbonyl (C=O) groups is 2. The van der Waals surface area contributed by atoms with Crippen molar-refractivity contribution in [1.29, 1.82) is 0 Å². The number of benzene rings is 2. The first-order chi connectivity index (χ1) is 12.5. The molecule has 0 radical (unpaired) electrons. The van der Waals surface area contributed by atoms with Gasteiger partial charge in [-0.2, -0.15) is 5.10 Å². The van der Waals surface area contributed by atoms with Gasteiger partial charge in [-0.15, -0.1) is 0 Å². The van der Waals surface area contributed by atoms with Gasteiger partial charge in [0, 0.05) is 5.69 Å². The summed E-state index contributed by atoms with van der Waals surface area (Å²) in [6.45, 7) is 6.44. The predicted octanol–water partition coefficient (Wildman–Crippen LogP) is 3.18. The zero-order chi connectivity index (χ0) is 18.9. The van der Waals surface area contributed by atoms with Gasteiger partial charge in [-0.05, 0) is 61.2 Å². The lowest BCUT2D eigenvalue weighted by Crippen LogP contribution is -2.32. The molecule has 2 amide bonds. The first-order valence-electron chi connectivity index (χ1n) is 8.44. The number of amides is 2. The highest BCUT2D eigenvalue weighted by molar-refractivity contribution is 6.39. The molecule has 2 aromatic rings. The molecule has 0 bridgehead atoms. The highest BCUT2D eigenvalue weighted by atomic mass is 16.5. The minimum Gasteiger partial charge on any atom is -0.494 e. The molecule has 2 aromatic carbocycles. The Hall–Kier alpha value is -3.15. The second-order valence-corrected chi connectivity index (χ2v) is 5.84. The smallest absolute Gasteiger partial charge is 0.329 e. The molecule has 6 nitrogen and oxygen atoms in total. The van der Waals surface area contributed by atoms with E-state index >= 15 is 0 Å². The number of nitrogens with one attached hydrogen (secondary N) is 2. The molecule has 0 spiro atoms. The number of hydrogen-bond donors (Lipinski definition) is 2. The predicted molar refractivity (Wildman–Crippen MR) is 103 cm³/mol. The van der Waals surface area contributed by atoms with Crippen LogP contribution in [0.3, 0.4) is 0 Å².